The summed E-state index contributed by atoms with van der Waals surface area (Å²) in [6, 6.07) is 9.83. The molecular weight excluding hydrogens is 512 g/mol. The zero-order valence-corrected chi connectivity index (χ0v) is 22.4. The van der Waals surface area contributed by atoms with Crippen molar-refractivity contribution in [1.29, 1.82) is 0 Å². The van der Waals surface area contributed by atoms with E-state index in [-0.39, 0.29) is 18.0 Å². The average molecular weight is 542 g/mol. The van der Waals surface area contributed by atoms with Crippen molar-refractivity contribution in [2.45, 2.75) is 32.2 Å². The van der Waals surface area contributed by atoms with E-state index in [2.05, 4.69) is 32.1 Å². The van der Waals surface area contributed by atoms with Crippen LogP contribution >= 0.6 is 0 Å². The third-order valence-electron chi connectivity index (χ3n) is 7.37. The number of benzene rings is 2. The van der Waals surface area contributed by atoms with Crippen molar-refractivity contribution >= 4 is 28.6 Å². The molecular formula is C30H29F2N7O. The second kappa shape index (κ2) is 10.6. The third kappa shape index (κ3) is 4.98. The largest absolute Gasteiger partial charge is 0.420 e. The van der Waals surface area contributed by atoms with Crippen LogP contribution in [0, 0.1) is 11.6 Å². The number of fused-ring (bicyclic) bond motifs is 1. The van der Waals surface area contributed by atoms with E-state index in [1.54, 1.807) is 10.8 Å². The van der Waals surface area contributed by atoms with Gasteiger partial charge in [-0.05, 0) is 74.4 Å². The van der Waals surface area contributed by atoms with E-state index in [0.29, 0.717) is 18.3 Å². The summed E-state index contributed by atoms with van der Waals surface area (Å²) in [5.41, 5.74) is 5.33. The van der Waals surface area contributed by atoms with Gasteiger partial charge in [0.2, 0.25) is 11.8 Å². The zero-order chi connectivity index (χ0) is 27.8. The Morgan fingerprint density at radius 2 is 2.02 bits per heavy atom. The minimum atomic E-state index is -0.525. The second-order valence-corrected chi connectivity index (χ2v) is 10.2. The Hall–Kier alpha value is -4.44. The number of hydrogen-bond donors (Lipinski definition) is 1. The first-order chi connectivity index (χ1) is 19.4. The van der Waals surface area contributed by atoms with Crippen molar-refractivity contribution in [1.82, 2.24) is 35.1 Å². The van der Waals surface area contributed by atoms with Crippen molar-refractivity contribution in [3.63, 3.8) is 0 Å². The number of piperidine rings is 1. The highest BCUT2D eigenvalue weighted by molar-refractivity contribution is 5.96. The first-order valence-corrected chi connectivity index (χ1v) is 13.2. The maximum atomic E-state index is 14.2. The predicted octanol–water partition coefficient (Wildman–Crippen LogP) is 6.21. The quantitative estimate of drug-likeness (QED) is 0.264. The van der Waals surface area contributed by atoms with Gasteiger partial charge in [0.15, 0.2) is 0 Å². The van der Waals surface area contributed by atoms with Crippen LogP contribution in [0.5, 0.6) is 0 Å². The molecule has 0 spiro atoms. The smallest absolute Gasteiger partial charge is 0.247 e. The van der Waals surface area contributed by atoms with Crippen molar-refractivity contribution in [2.24, 2.45) is 7.05 Å². The molecule has 0 saturated carbocycles. The van der Waals surface area contributed by atoms with Crippen molar-refractivity contribution in [3.05, 3.63) is 89.2 Å². The van der Waals surface area contributed by atoms with Gasteiger partial charge in [-0.3, -0.25) is 14.7 Å². The van der Waals surface area contributed by atoms with Crippen LogP contribution in [0.2, 0.25) is 0 Å². The molecule has 10 heteroatoms. The molecule has 4 heterocycles. The van der Waals surface area contributed by atoms with Crippen LogP contribution in [-0.2, 0) is 13.6 Å². The molecule has 6 rings (SSSR count). The van der Waals surface area contributed by atoms with Crippen LogP contribution in [0.15, 0.2) is 53.6 Å². The number of likely N-dealkylation sites (tertiary alicyclic amines) is 1. The first kappa shape index (κ1) is 25.8. The van der Waals surface area contributed by atoms with Crippen molar-refractivity contribution < 1.29 is 13.2 Å². The van der Waals surface area contributed by atoms with Crippen molar-refractivity contribution in [3.8, 4) is 11.5 Å². The molecule has 2 aromatic carbocycles. The molecule has 40 heavy (non-hydrogen) atoms. The fourth-order valence-electron chi connectivity index (χ4n) is 5.37. The number of H-pyrrole nitrogens is 1. The molecule has 0 radical (unpaired) electrons. The highest BCUT2D eigenvalue weighted by atomic mass is 19.1. The lowest BCUT2D eigenvalue weighted by molar-refractivity contribution is 0.182. The summed E-state index contributed by atoms with van der Waals surface area (Å²) in [5, 5.41) is 21.7. The summed E-state index contributed by atoms with van der Waals surface area (Å²) >= 11 is 0. The van der Waals surface area contributed by atoms with Crippen LogP contribution in [0.4, 0.5) is 8.78 Å². The van der Waals surface area contributed by atoms with Gasteiger partial charge >= 0.3 is 0 Å². The Labute approximate surface area is 230 Å². The number of halogens is 2. The van der Waals surface area contributed by atoms with Crippen molar-refractivity contribution in [2.75, 3.05) is 13.1 Å². The van der Waals surface area contributed by atoms with Crippen LogP contribution in [0.3, 0.4) is 0 Å². The molecule has 0 aliphatic carbocycles. The lowest BCUT2D eigenvalue weighted by Gasteiger charge is -2.31. The average Bonchev–Trinajstić information content (AvgIpc) is 3.69. The van der Waals surface area contributed by atoms with Gasteiger partial charge < -0.3 is 4.42 Å². The number of rotatable bonds is 7. The molecule has 1 atom stereocenters. The van der Waals surface area contributed by atoms with E-state index in [4.69, 9.17) is 4.42 Å². The molecule has 3 aromatic heterocycles. The topological polar surface area (TPSA) is 88.7 Å². The van der Waals surface area contributed by atoms with Gasteiger partial charge in [-0.25, -0.2) is 8.78 Å². The summed E-state index contributed by atoms with van der Waals surface area (Å²) in [6.07, 6.45) is 7.46. The molecule has 1 saturated heterocycles. The molecule has 0 bridgehead atoms. The standard InChI is InChI=1S/C30H29F2N7O/c1-4-26-21(15-38(3)37-26)13-18(2)28-22-14-19(10-11-27(22)33-34-28)29-35-36-30(40-29)20-7-6-12-39(16-20)17-23-24(31)8-5-9-25(23)32/h4-5,8-11,13-15,20H,1,6-7,12,16-17H2,2-3H3,(H,33,34)/b18-13+. The zero-order valence-electron chi connectivity index (χ0n) is 22.4. The summed E-state index contributed by atoms with van der Waals surface area (Å²) in [5.74, 6) is -0.109. The lowest BCUT2D eigenvalue weighted by Crippen LogP contribution is -2.34. The van der Waals surface area contributed by atoms with Crippen LogP contribution in [0.25, 0.3) is 40.1 Å². The second-order valence-electron chi connectivity index (χ2n) is 10.2. The predicted molar refractivity (Wildman–Crippen MR) is 150 cm³/mol. The highest BCUT2D eigenvalue weighted by Gasteiger charge is 2.27. The van der Waals surface area contributed by atoms with Gasteiger partial charge in [0, 0.05) is 48.4 Å². The highest BCUT2D eigenvalue weighted by Crippen LogP contribution is 2.32. The van der Waals surface area contributed by atoms with E-state index < -0.39 is 11.6 Å². The Kier molecular flexibility index (Phi) is 6.85. The fraction of sp³-hybridized carbons (Fsp3) is 0.267. The fourth-order valence-corrected chi connectivity index (χ4v) is 5.37. The molecule has 8 nitrogen and oxygen atoms in total. The monoisotopic (exact) mass is 541 g/mol. The summed E-state index contributed by atoms with van der Waals surface area (Å²) < 4.78 is 36.3. The number of allylic oxidation sites excluding steroid dienone is 1. The molecule has 5 aromatic rings. The normalized spacial score (nSPS) is 16.6. The van der Waals surface area contributed by atoms with Gasteiger partial charge in [0.25, 0.3) is 0 Å². The molecule has 1 fully saturated rings. The Balaban J connectivity index is 1.23. The molecule has 1 aliphatic rings. The van der Waals surface area contributed by atoms with Gasteiger partial charge in [0.1, 0.15) is 11.6 Å². The van der Waals surface area contributed by atoms with E-state index in [1.807, 2.05) is 49.3 Å². The van der Waals surface area contributed by atoms with E-state index in [9.17, 15) is 8.78 Å². The summed E-state index contributed by atoms with van der Waals surface area (Å²) in [4.78, 5) is 2.04. The number of nitrogens with one attached hydrogen (secondary N) is 1. The van der Waals surface area contributed by atoms with Gasteiger partial charge in [-0.1, -0.05) is 12.6 Å². The van der Waals surface area contributed by atoms with Gasteiger partial charge in [-0.2, -0.15) is 10.2 Å². The number of hydrogen-bond acceptors (Lipinski definition) is 6. The number of aromatic nitrogens is 6. The Bertz CT molecular complexity index is 1710. The third-order valence-corrected chi connectivity index (χ3v) is 7.37. The molecule has 1 N–H and O–H groups in total. The SMILES string of the molecule is C=Cc1nn(C)cc1/C=C(\C)c1n[nH]c2ccc(-c3nnc(C4CCCN(Cc5c(F)cccc5F)C4)o3)cc12. The maximum Gasteiger partial charge on any atom is 0.247 e. The van der Waals surface area contributed by atoms with Gasteiger partial charge in [-0.15, -0.1) is 10.2 Å². The minimum Gasteiger partial charge on any atom is -0.420 e. The number of nitrogens with zero attached hydrogens (tertiary/aromatic N) is 6. The van der Waals surface area contributed by atoms with Crippen LogP contribution in [-0.4, -0.2) is 48.2 Å². The maximum absolute atomic E-state index is 14.2. The minimum absolute atomic E-state index is 0.0123. The van der Waals surface area contributed by atoms with Gasteiger partial charge in [0.05, 0.1) is 22.8 Å². The Morgan fingerprint density at radius 1 is 1.20 bits per heavy atom. The number of aromatic amines is 1. The number of aryl methyl sites for hydroxylation is 1. The van der Waals surface area contributed by atoms with E-state index >= 15 is 0 Å². The summed E-state index contributed by atoms with van der Waals surface area (Å²) in [6.45, 7) is 7.41. The van der Waals surface area contributed by atoms with E-state index in [0.717, 1.165) is 58.4 Å². The van der Waals surface area contributed by atoms with E-state index in [1.165, 1.54) is 18.2 Å². The molecule has 1 aliphatic heterocycles. The Morgan fingerprint density at radius 3 is 2.83 bits per heavy atom. The van der Waals surface area contributed by atoms with Crippen LogP contribution < -0.4 is 0 Å². The molecule has 1 unspecified atom stereocenters. The molecule has 0 amide bonds. The molecule has 204 valence electrons. The summed E-state index contributed by atoms with van der Waals surface area (Å²) in [7, 11) is 1.88. The lowest BCUT2D eigenvalue weighted by atomic mass is 9.97. The first-order valence-electron chi connectivity index (χ1n) is 13.2. The van der Waals surface area contributed by atoms with Crippen LogP contribution in [0.1, 0.15) is 54.1 Å².